The molecular formula is C9H9FN4O2S. The van der Waals surface area contributed by atoms with Gasteiger partial charge < -0.3 is 10.7 Å². The maximum atomic E-state index is 12.9. The van der Waals surface area contributed by atoms with Crippen molar-refractivity contribution in [2.45, 2.75) is 4.90 Å². The van der Waals surface area contributed by atoms with Crippen LogP contribution in [0.5, 0.6) is 0 Å². The van der Waals surface area contributed by atoms with Gasteiger partial charge in [0.15, 0.2) is 0 Å². The van der Waals surface area contributed by atoms with Gasteiger partial charge in [-0.25, -0.2) is 22.5 Å². The van der Waals surface area contributed by atoms with E-state index in [0.717, 1.165) is 18.2 Å². The van der Waals surface area contributed by atoms with Crippen molar-refractivity contribution in [2.75, 3.05) is 10.5 Å². The molecule has 0 amide bonds. The molecule has 1 aromatic carbocycles. The zero-order valence-electron chi connectivity index (χ0n) is 8.51. The normalized spacial score (nSPS) is 11.4. The quantitative estimate of drug-likeness (QED) is 0.711. The van der Waals surface area contributed by atoms with Crippen LogP contribution in [0.15, 0.2) is 35.5 Å². The van der Waals surface area contributed by atoms with Crippen molar-refractivity contribution < 1.29 is 12.8 Å². The highest BCUT2D eigenvalue weighted by Gasteiger charge is 2.16. The van der Waals surface area contributed by atoms with Gasteiger partial charge in [0.2, 0.25) is 5.95 Å². The first-order chi connectivity index (χ1) is 7.99. The standard InChI is InChI=1S/C9H9FN4O2S/c10-7-2-1-6(5-8(7)11)17(15,16)14-9-12-3-4-13-9/h1-5H,11H2,(H2,12,13,14). The number of nitrogen functional groups attached to an aromatic ring is 1. The molecule has 0 fully saturated rings. The third kappa shape index (κ3) is 2.36. The van der Waals surface area contributed by atoms with Gasteiger partial charge in [-0.3, -0.25) is 0 Å². The molecule has 0 aliphatic carbocycles. The molecule has 0 saturated heterocycles. The highest BCUT2D eigenvalue weighted by Crippen LogP contribution is 2.18. The van der Waals surface area contributed by atoms with Crippen LogP contribution < -0.4 is 10.5 Å². The van der Waals surface area contributed by atoms with Crippen LogP contribution in [0.2, 0.25) is 0 Å². The number of anilines is 2. The van der Waals surface area contributed by atoms with Crippen LogP contribution in [0.1, 0.15) is 0 Å². The maximum Gasteiger partial charge on any atom is 0.264 e. The SMILES string of the molecule is Nc1cc(S(=O)(=O)Nc2ncc[nH]2)ccc1F. The van der Waals surface area contributed by atoms with Crippen LogP contribution in [0, 0.1) is 5.82 Å². The number of nitrogens with one attached hydrogen (secondary N) is 2. The average Bonchev–Trinajstić information content (AvgIpc) is 2.73. The zero-order chi connectivity index (χ0) is 12.5. The predicted molar refractivity (Wildman–Crippen MR) is 60.2 cm³/mol. The Morgan fingerprint density at radius 3 is 2.76 bits per heavy atom. The molecule has 2 rings (SSSR count). The number of nitrogens with two attached hydrogens (primary N) is 1. The topological polar surface area (TPSA) is 101 Å². The lowest BCUT2D eigenvalue weighted by Gasteiger charge is -2.06. The predicted octanol–water partition coefficient (Wildman–Crippen LogP) is 0.932. The molecule has 17 heavy (non-hydrogen) atoms. The lowest BCUT2D eigenvalue weighted by molar-refractivity contribution is 0.599. The highest BCUT2D eigenvalue weighted by atomic mass is 32.2. The molecule has 0 aliphatic rings. The molecule has 2 aromatic rings. The molecule has 0 unspecified atom stereocenters. The Hall–Kier alpha value is -2.09. The number of sulfonamides is 1. The highest BCUT2D eigenvalue weighted by molar-refractivity contribution is 7.92. The van der Waals surface area contributed by atoms with E-state index in [1.807, 2.05) is 0 Å². The molecule has 90 valence electrons. The summed E-state index contributed by atoms with van der Waals surface area (Å²) in [6, 6.07) is 3.16. The van der Waals surface area contributed by atoms with Gasteiger partial charge in [-0.05, 0) is 18.2 Å². The molecule has 6 nitrogen and oxygen atoms in total. The smallest absolute Gasteiger partial charge is 0.264 e. The minimum absolute atomic E-state index is 0.0768. The molecule has 0 spiro atoms. The summed E-state index contributed by atoms with van der Waals surface area (Å²) in [6.07, 6.45) is 2.87. The van der Waals surface area contributed by atoms with Crippen LogP contribution in [0.4, 0.5) is 16.0 Å². The third-order valence-corrected chi connectivity index (χ3v) is 3.34. The van der Waals surface area contributed by atoms with Gasteiger partial charge in [-0.2, -0.15) is 0 Å². The molecule has 0 radical (unpaired) electrons. The summed E-state index contributed by atoms with van der Waals surface area (Å²) >= 11 is 0. The number of nitrogens with zero attached hydrogens (tertiary/aromatic N) is 1. The molecule has 1 heterocycles. The van der Waals surface area contributed by atoms with Crippen molar-refractivity contribution in [2.24, 2.45) is 0 Å². The first-order valence-electron chi connectivity index (χ1n) is 4.56. The fraction of sp³-hybridized carbons (Fsp3) is 0. The Morgan fingerprint density at radius 2 is 2.18 bits per heavy atom. The number of benzene rings is 1. The van der Waals surface area contributed by atoms with Crippen molar-refractivity contribution in [3.63, 3.8) is 0 Å². The minimum Gasteiger partial charge on any atom is -0.396 e. The second-order valence-corrected chi connectivity index (χ2v) is 4.91. The summed E-state index contributed by atoms with van der Waals surface area (Å²) in [6.45, 7) is 0. The monoisotopic (exact) mass is 256 g/mol. The van der Waals surface area contributed by atoms with Gasteiger partial charge >= 0.3 is 0 Å². The molecule has 0 aliphatic heterocycles. The van der Waals surface area contributed by atoms with Crippen LogP contribution in [0.25, 0.3) is 0 Å². The average molecular weight is 256 g/mol. The maximum absolute atomic E-state index is 12.9. The van der Waals surface area contributed by atoms with Crippen molar-refractivity contribution in [3.8, 4) is 0 Å². The first-order valence-corrected chi connectivity index (χ1v) is 6.04. The second-order valence-electron chi connectivity index (χ2n) is 3.23. The number of rotatable bonds is 3. The third-order valence-electron chi connectivity index (χ3n) is 2.01. The summed E-state index contributed by atoms with van der Waals surface area (Å²) in [7, 11) is -3.81. The van der Waals surface area contributed by atoms with E-state index in [0.29, 0.717) is 0 Å². The van der Waals surface area contributed by atoms with E-state index in [9.17, 15) is 12.8 Å². The Balaban J connectivity index is 2.35. The fourth-order valence-corrected chi connectivity index (χ4v) is 2.21. The van der Waals surface area contributed by atoms with E-state index in [-0.39, 0.29) is 16.5 Å². The fourth-order valence-electron chi connectivity index (χ4n) is 1.20. The van der Waals surface area contributed by atoms with Gasteiger partial charge in [0.05, 0.1) is 10.6 Å². The van der Waals surface area contributed by atoms with Gasteiger partial charge in [0.1, 0.15) is 5.82 Å². The molecule has 8 heteroatoms. The minimum atomic E-state index is -3.81. The number of aromatic nitrogens is 2. The summed E-state index contributed by atoms with van der Waals surface area (Å²) in [5.41, 5.74) is 5.07. The number of imidazole rings is 1. The van der Waals surface area contributed by atoms with Gasteiger partial charge in [0, 0.05) is 12.4 Å². The van der Waals surface area contributed by atoms with E-state index in [1.165, 1.54) is 12.4 Å². The van der Waals surface area contributed by atoms with Crippen LogP contribution in [-0.4, -0.2) is 18.4 Å². The van der Waals surface area contributed by atoms with E-state index in [1.54, 1.807) is 0 Å². The van der Waals surface area contributed by atoms with Crippen molar-refractivity contribution >= 4 is 21.7 Å². The molecule has 4 N–H and O–H groups in total. The molecule has 0 bridgehead atoms. The lowest BCUT2D eigenvalue weighted by atomic mass is 10.3. The van der Waals surface area contributed by atoms with Crippen LogP contribution in [0.3, 0.4) is 0 Å². The Kier molecular flexibility index (Phi) is 2.72. The largest absolute Gasteiger partial charge is 0.396 e. The Labute approximate surface area is 96.7 Å². The summed E-state index contributed by atoms with van der Waals surface area (Å²) in [5.74, 6) is -0.588. The van der Waals surface area contributed by atoms with Crippen LogP contribution >= 0.6 is 0 Å². The first kappa shape index (κ1) is 11.4. The number of aromatic amines is 1. The van der Waals surface area contributed by atoms with E-state index in [4.69, 9.17) is 5.73 Å². The Bertz CT molecular complexity index is 624. The zero-order valence-corrected chi connectivity index (χ0v) is 9.33. The van der Waals surface area contributed by atoms with Gasteiger partial charge in [-0.15, -0.1) is 0 Å². The van der Waals surface area contributed by atoms with E-state index in [2.05, 4.69) is 14.7 Å². The summed E-state index contributed by atoms with van der Waals surface area (Å²) in [4.78, 5) is 6.17. The summed E-state index contributed by atoms with van der Waals surface area (Å²) in [5, 5.41) is 0. The molecular weight excluding hydrogens is 247 g/mol. The molecule has 0 atom stereocenters. The van der Waals surface area contributed by atoms with E-state index < -0.39 is 15.8 Å². The van der Waals surface area contributed by atoms with Crippen LogP contribution in [-0.2, 0) is 10.0 Å². The second kappa shape index (κ2) is 4.06. The lowest BCUT2D eigenvalue weighted by Crippen LogP contribution is -2.14. The van der Waals surface area contributed by atoms with Crippen molar-refractivity contribution in [1.29, 1.82) is 0 Å². The summed E-state index contributed by atoms with van der Waals surface area (Å²) < 4.78 is 38.7. The number of halogens is 1. The van der Waals surface area contributed by atoms with Gasteiger partial charge in [-0.1, -0.05) is 0 Å². The number of H-pyrrole nitrogens is 1. The number of hydrogen-bond acceptors (Lipinski definition) is 4. The number of hydrogen-bond donors (Lipinski definition) is 3. The van der Waals surface area contributed by atoms with Crippen molar-refractivity contribution in [3.05, 3.63) is 36.4 Å². The van der Waals surface area contributed by atoms with E-state index >= 15 is 0 Å². The Morgan fingerprint density at radius 1 is 1.41 bits per heavy atom. The molecule has 0 saturated carbocycles. The van der Waals surface area contributed by atoms with Crippen molar-refractivity contribution in [1.82, 2.24) is 9.97 Å². The molecule has 1 aromatic heterocycles. The van der Waals surface area contributed by atoms with Gasteiger partial charge in [0.25, 0.3) is 10.0 Å².